The van der Waals surface area contributed by atoms with E-state index in [1.807, 2.05) is 42.5 Å². The van der Waals surface area contributed by atoms with Crippen LogP contribution in [0.15, 0.2) is 102 Å². The number of hydrogen-bond acceptors (Lipinski definition) is 6. The third-order valence-corrected chi connectivity index (χ3v) is 10.1. The summed E-state index contributed by atoms with van der Waals surface area (Å²) in [5.74, 6) is -0.205. The van der Waals surface area contributed by atoms with Crippen molar-refractivity contribution in [2.45, 2.75) is 54.1 Å². The average Bonchev–Trinajstić information content (AvgIpc) is 3.54. The molecule has 44 heavy (non-hydrogen) atoms. The maximum Gasteiger partial charge on any atom is 0.241 e. The smallest absolute Gasteiger partial charge is 0.241 e. The highest BCUT2D eigenvalue weighted by molar-refractivity contribution is 7.89. The zero-order valence-corrected chi connectivity index (χ0v) is 27.0. The van der Waals surface area contributed by atoms with Crippen LogP contribution in [0.4, 0.5) is 0 Å². The molecule has 1 aliphatic rings. The lowest BCUT2D eigenvalue weighted by Gasteiger charge is -2.28. The van der Waals surface area contributed by atoms with Crippen molar-refractivity contribution in [3.8, 4) is 11.8 Å². The number of alkyl halides is 1. The van der Waals surface area contributed by atoms with Crippen molar-refractivity contribution in [2.24, 2.45) is 5.92 Å². The molecule has 0 aromatic heterocycles. The number of aliphatic hydroxyl groups is 1. The van der Waals surface area contributed by atoms with Gasteiger partial charge >= 0.3 is 0 Å². The summed E-state index contributed by atoms with van der Waals surface area (Å²) in [6.45, 7) is 4.57. The number of hydrogen-bond donors (Lipinski definition) is 3. The van der Waals surface area contributed by atoms with Crippen LogP contribution in [0.2, 0.25) is 0 Å². The number of nitrogens with one attached hydrogen (secondary N) is 2. The lowest BCUT2D eigenvalue weighted by Crippen LogP contribution is -2.46. The van der Waals surface area contributed by atoms with Crippen molar-refractivity contribution in [3.05, 3.63) is 108 Å². The Balaban J connectivity index is 0.00000442. The van der Waals surface area contributed by atoms with Crippen LogP contribution in [0.25, 0.3) is 10.8 Å². The monoisotopic (exact) mass is 653 g/mol. The van der Waals surface area contributed by atoms with Crippen LogP contribution in [-0.2, 0) is 22.9 Å². The van der Waals surface area contributed by atoms with Crippen molar-refractivity contribution >= 4 is 44.8 Å². The molecule has 1 fully saturated rings. The van der Waals surface area contributed by atoms with Crippen molar-refractivity contribution in [1.82, 2.24) is 10.0 Å². The van der Waals surface area contributed by atoms with Gasteiger partial charge in [-0.15, -0.1) is 24.0 Å². The summed E-state index contributed by atoms with van der Waals surface area (Å²) in [6, 6.07) is 32.2. The second kappa shape index (κ2) is 13.9. The summed E-state index contributed by atoms with van der Waals surface area (Å²) >= 11 is 6.43. The van der Waals surface area contributed by atoms with Crippen molar-refractivity contribution < 1.29 is 18.3 Å². The first-order valence-electron chi connectivity index (χ1n) is 14.3. The maximum absolute atomic E-state index is 13.3. The summed E-state index contributed by atoms with van der Waals surface area (Å²) in [5, 5.41) is 25.3. The molecule has 0 aliphatic heterocycles. The first-order valence-corrected chi connectivity index (χ1v) is 16.2. The molecular weight excluding hydrogens is 617 g/mol. The molecule has 0 bridgehead atoms. The number of ether oxygens (including phenoxy) is 1. The highest BCUT2D eigenvalue weighted by Gasteiger charge is 2.66. The van der Waals surface area contributed by atoms with E-state index in [-0.39, 0.29) is 29.4 Å². The molecule has 0 amide bonds. The Bertz CT molecular complexity index is 1710. The van der Waals surface area contributed by atoms with Gasteiger partial charge in [0.1, 0.15) is 18.5 Å². The lowest BCUT2D eigenvalue weighted by molar-refractivity contribution is 0.0988. The lowest BCUT2D eigenvalue weighted by atomic mass is 9.93. The van der Waals surface area contributed by atoms with E-state index >= 15 is 0 Å². The molecule has 4 aromatic rings. The van der Waals surface area contributed by atoms with Crippen LogP contribution >= 0.6 is 24.0 Å². The number of β-amino-alcohol motifs (C(OH)–C–C–N with tert-alkyl or cyclic N) is 1. The topological polar surface area (TPSA) is 111 Å². The van der Waals surface area contributed by atoms with Gasteiger partial charge < -0.3 is 15.2 Å². The second-order valence-corrected chi connectivity index (χ2v) is 14.0. The molecule has 1 aliphatic carbocycles. The van der Waals surface area contributed by atoms with Gasteiger partial charge in [-0.05, 0) is 72.9 Å². The molecule has 1 saturated carbocycles. The number of sulfonamides is 1. The molecule has 4 atom stereocenters. The minimum atomic E-state index is -3.96. The molecule has 4 aromatic carbocycles. The van der Waals surface area contributed by atoms with E-state index in [1.54, 1.807) is 12.1 Å². The standard InChI is InChI=1S/C34H36ClN3O4S.ClH/c1-33(2,19-25-12-13-26-10-6-7-11-27(26)18-25)37-22-28(39)23-42-29-14-16-30(17-15-29)43(40,41)38-34(31(21-36)32(34)35)20-24-8-4-3-5-9-24;/h3-18,28,31-32,37-39H,19-20,22-23H2,1-2H3;1H/t28-,31?,32?,34?;/m1./s1. The predicted octanol–water partition coefficient (Wildman–Crippen LogP) is 5.63. The van der Waals surface area contributed by atoms with E-state index in [0.717, 1.165) is 12.0 Å². The fourth-order valence-corrected chi connectivity index (χ4v) is 7.44. The van der Waals surface area contributed by atoms with Gasteiger partial charge in [0, 0.05) is 12.1 Å². The Labute approximate surface area is 270 Å². The Morgan fingerprint density at radius 1 is 0.977 bits per heavy atom. The summed E-state index contributed by atoms with van der Waals surface area (Å²) in [6.07, 6.45) is 0.338. The van der Waals surface area contributed by atoms with E-state index in [1.165, 1.54) is 28.5 Å². The van der Waals surface area contributed by atoms with Crippen LogP contribution in [0.5, 0.6) is 5.75 Å². The third-order valence-electron chi connectivity index (χ3n) is 7.89. The Hall–Kier alpha value is -3.16. The van der Waals surface area contributed by atoms with Crippen LogP contribution < -0.4 is 14.8 Å². The Morgan fingerprint density at radius 3 is 2.30 bits per heavy atom. The zero-order valence-electron chi connectivity index (χ0n) is 24.6. The summed E-state index contributed by atoms with van der Waals surface area (Å²) < 4.78 is 35.0. The van der Waals surface area contributed by atoms with E-state index in [4.69, 9.17) is 16.3 Å². The number of aliphatic hydroxyl groups excluding tert-OH is 1. The molecule has 0 radical (unpaired) electrons. The van der Waals surface area contributed by atoms with Crippen molar-refractivity contribution in [1.29, 1.82) is 5.26 Å². The minimum absolute atomic E-state index is 0. The van der Waals surface area contributed by atoms with E-state index in [9.17, 15) is 18.8 Å². The van der Waals surface area contributed by atoms with Gasteiger partial charge in [0.2, 0.25) is 10.0 Å². The molecule has 3 N–H and O–H groups in total. The number of nitrogens with zero attached hydrogens (tertiary/aromatic N) is 1. The fraction of sp³-hybridized carbons (Fsp3) is 0.324. The quantitative estimate of drug-likeness (QED) is 0.161. The number of halogens is 2. The van der Waals surface area contributed by atoms with Crippen molar-refractivity contribution in [3.63, 3.8) is 0 Å². The van der Waals surface area contributed by atoms with Gasteiger partial charge in [0.05, 0.1) is 27.8 Å². The fourth-order valence-electron chi connectivity index (χ4n) is 5.46. The van der Waals surface area contributed by atoms with E-state index < -0.39 is 33.0 Å². The molecule has 0 heterocycles. The van der Waals surface area contributed by atoms with Gasteiger partial charge in [0.15, 0.2) is 0 Å². The van der Waals surface area contributed by atoms with Crippen LogP contribution in [-0.4, -0.2) is 49.2 Å². The molecule has 232 valence electrons. The third kappa shape index (κ3) is 7.91. The first-order chi connectivity index (χ1) is 20.5. The van der Waals surface area contributed by atoms with Gasteiger partial charge in [-0.1, -0.05) is 72.8 Å². The number of fused-ring (bicyclic) bond motifs is 1. The van der Waals surface area contributed by atoms with Crippen LogP contribution in [0.3, 0.4) is 0 Å². The number of nitriles is 1. The molecule has 0 saturated heterocycles. The number of rotatable bonds is 13. The highest BCUT2D eigenvalue weighted by atomic mass is 35.5. The van der Waals surface area contributed by atoms with Gasteiger partial charge in [0.25, 0.3) is 0 Å². The van der Waals surface area contributed by atoms with Crippen molar-refractivity contribution in [2.75, 3.05) is 13.2 Å². The van der Waals surface area contributed by atoms with Crippen LogP contribution in [0, 0.1) is 17.2 Å². The van der Waals surface area contributed by atoms with E-state index in [0.29, 0.717) is 18.7 Å². The molecule has 7 nitrogen and oxygen atoms in total. The Kier molecular flexibility index (Phi) is 10.6. The van der Waals surface area contributed by atoms with Gasteiger partial charge in [-0.25, -0.2) is 13.1 Å². The highest BCUT2D eigenvalue weighted by Crippen LogP contribution is 2.51. The first kappa shape index (κ1) is 33.7. The average molecular weight is 655 g/mol. The molecule has 5 rings (SSSR count). The minimum Gasteiger partial charge on any atom is -0.491 e. The summed E-state index contributed by atoms with van der Waals surface area (Å²) in [5.41, 5.74) is 0.773. The normalized spacial score (nSPS) is 20.3. The van der Waals surface area contributed by atoms with Gasteiger partial charge in [-0.2, -0.15) is 5.26 Å². The molecular formula is C34H37Cl2N3O4S. The van der Waals surface area contributed by atoms with Gasteiger partial charge in [-0.3, -0.25) is 0 Å². The van der Waals surface area contributed by atoms with E-state index in [2.05, 4.69) is 60.3 Å². The molecule has 10 heteroatoms. The summed E-state index contributed by atoms with van der Waals surface area (Å²) in [7, 11) is -3.96. The number of benzene rings is 4. The van der Waals surface area contributed by atoms with Crippen LogP contribution in [0.1, 0.15) is 25.0 Å². The maximum atomic E-state index is 13.3. The Morgan fingerprint density at radius 2 is 1.64 bits per heavy atom. The predicted molar refractivity (Wildman–Crippen MR) is 177 cm³/mol. The zero-order chi connectivity index (χ0) is 30.7. The second-order valence-electron chi connectivity index (χ2n) is 11.9. The summed E-state index contributed by atoms with van der Waals surface area (Å²) in [4.78, 5) is 0.0393. The largest absolute Gasteiger partial charge is 0.491 e. The molecule has 0 spiro atoms. The SMILES string of the molecule is CC(C)(Cc1ccc2ccccc2c1)NC[C@@H](O)COc1ccc(S(=O)(=O)NC2(Cc3ccccc3)C(Cl)C2C#N)cc1.Cl. The molecule has 3 unspecified atom stereocenters.